The molecule has 1 N–H and O–H groups in total. The zero-order chi connectivity index (χ0) is 17.7. The number of nitrogens with zero attached hydrogens (tertiary/aromatic N) is 2. The van der Waals surface area contributed by atoms with Crippen LogP contribution in [0, 0.1) is 0 Å². The number of thiophene rings is 1. The fourth-order valence-electron chi connectivity index (χ4n) is 3.17. The van der Waals surface area contributed by atoms with Crippen LogP contribution >= 0.6 is 50.5 Å². The number of benzene rings is 1. The highest BCUT2D eigenvalue weighted by Gasteiger charge is 2.29. The lowest BCUT2D eigenvalue weighted by Gasteiger charge is -2.10. The molecule has 0 radical (unpaired) electrons. The quantitative estimate of drug-likeness (QED) is 0.524. The fourth-order valence-corrected chi connectivity index (χ4v) is 5.40. The number of fused-ring (bicyclic) bond motifs is 3. The first-order valence-electron chi connectivity index (χ1n) is 7.55. The molecular formula is C17H11BrCl2N2O2S. The van der Waals surface area contributed by atoms with Gasteiger partial charge >= 0.3 is 5.97 Å². The largest absolute Gasteiger partial charge is 0.476 e. The summed E-state index contributed by atoms with van der Waals surface area (Å²) in [7, 11) is 0. The van der Waals surface area contributed by atoms with Crippen molar-refractivity contribution < 1.29 is 9.90 Å². The first-order chi connectivity index (χ1) is 12.0. The molecule has 0 saturated heterocycles. The average molecular weight is 458 g/mol. The van der Waals surface area contributed by atoms with Crippen molar-refractivity contribution in [3.63, 3.8) is 0 Å². The summed E-state index contributed by atoms with van der Waals surface area (Å²) < 4.78 is 2.65. The minimum absolute atomic E-state index is 0.0798. The second-order valence-electron chi connectivity index (χ2n) is 5.73. The van der Waals surface area contributed by atoms with Gasteiger partial charge < -0.3 is 5.11 Å². The van der Waals surface area contributed by atoms with Crippen LogP contribution in [0.1, 0.15) is 27.3 Å². The number of aromatic carboxylic acids is 1. The molecule has 128 valence electrons. The zero-order valence-electron chi connectivity index (χ0n) is 12.7. The van der Waals surface area contributed by atoms with Gasteiger partial charge in [0.25, 0.3) is 0 Å². The molecule has 3 aromatic rings. The average Bonchev–Trinajstić information content (AvgIpc) is 3.03. The first-order valence-corrected chi connectivity index (χ1v) is 9.91. The predicted molar refractivity (Wildman–Crippen MR) is 104 cm³/mol. The molecule has 4 rings (SSSR count). The van der Waals surface area contributed by atoms with Crippen LogP contribution in [-0.4, -0.2) is 20.9 Å². The summed E-state index contributed by atoms with van der Waals surface area (Å²) in [6.07, 6.45) is 2.46. The number of hydrogen-bond acceptors (Lipinski definition) is 3. The van der Waals surface area contributed by atoms with Crippen LogP contribution in [0.5, 0.6) is 0 Å². The summed E-state index contributed by atoms with van der Waals surface area (Å²) in [4.78, 5) is 13.0. The SMILES string of the molecule is O=C(O)c1nn(-c2ccc(Cl)cc2Cl)c2c1CCCc1sc(Br)cc1-2. The lowest BCUT2D eigenvalue weighted by atomic mass is 10.1. The smallest absolute Gasteiger partial charge is 0.356 e. The molecule has 0 fully saturated rings. The van der Waals surface area contributed by atoms with Crippen LogP contribution in [0.3, 0.4) is 0 Å². The topological polar surface area (TPSA) is 55.1 Å². The van der Waals surface area contributed by atoms with E-state index in [1.165, 1.54) is 4.88 Å². The highest BCUT2D eigenvalue weighted by molar-refractivity contribution is 9.11. The third-order valence-corrected chi connectivity index (χ3v) is 6.42. The van der Waals surface area contributed by atoms with Gasteiger partial charge in [0.05, 0.1) is 20.2 Å². The Hall–Kier alpha value is -1.34. The molecule has 4 nitrogen and oxygen atoms in total. The van der Waals surface area contributed by atoms with Crippen molar-refractivity contribution in [3.8, 4) is 16.9 Å². The van der Waals surface area contributed by atoms with Crippen LogP contribution in [0.4, 0.5) is 0 Å². The normalized spacial score (nSPS) is 13.2. The molecule has 1 aliphatic rings. The molecule has 0 atom stereocenters. The number of halogens is 3. The number of aromatic nitrogens is 2. The van der Waals surface area contributed by atoms with E-state index in [-0.39, 0.29) is 5.69 Å². The molecule has 0 spiro atoms. The fraction of sp³-hybridized carbons (Fsp3) is 0.176. The third kappa shape index (κ3) is 2.91. The van der Waals surface area contributed by atoms with E-state index in [2.05, 4.69) is 21.0 Å². The molecule has 0 bridgehead atoms. The molecule has 1 aliphatic carbocycles. The van der Waals surface area contributed by atoms with Gasteiger partial charge in [-0.25, -0.2) is 9.48 Å². The van der Waals surface area contributed by atoms with Crippen molar-refractivity contribution in [2.45, 2.75) is 19.3 Å². The molecule has 0 amide bonds. The van der Waals surface area contributed by atoms with Gasteiger partial charge in [0.15, 0.2) is 5.69 Å². The van der Waals surface area contributed by atoms with Crippen LogP contribution in [0.25, 0.3) is 16.9 Å². The van der Waals surface area contributed by atoms with Crippen molar-refractivity contribution in [2.24, 2.45) is 0 Å². The summed E-state index contributed by atoms with van der Waals surface area (Å²) in [5.41, 5.74) is 3.26. The predicted octanol–water partition coefficient (Wildman–Crippen LogP) is 5.86. The van der Waals surface area contributed by atoms with Crippen molar-refractivity contribution in [1.82, 2.24) is 9.78 Å². The Kier molecular flexibility index (Phi) is 4.40. The van der Waals surface area contributed by atoms with Crippen LogP contribution in [0.15, 0.2) is 28.1 Å². The Morgan fingerprint density at radius 2 is 2.08 bits per heavy atom. The van der Waals surface area contributed by atoms with Gasteiger partial charge in [-0.2, -0.15) is 5.10 Å². The van der Waals surface area contributed by atoms with Gasteiger partial charge in [0.2, 0.25) is 0 Å². The Morgan fingerprint density at radius 3 is 2.80 bits per heavy atom. The molecule has 1 aromatic carbocycles. The molecule has 0 saturated carbocycles. The summed E-state index contributed by atoms with van der Waals surface area (Å²) in [5.74, 6) is -1.03. The Morgan fingerprint density at radius 1 is 1.28 bits per heavy atom. The lowest BCUT2D eigenvalue weighted by Crippen LogP contribution is -2.04. The summed E-state index contributed by atoms with van der Waals surface area (Å²) in [5, 5.41) is 14.9. The first kappa shape index (κ1) is 17.1. The number of carbonyl (C=O) groups is 1. The van der Waals surface area contributed by atoms with Gasteiger partial charge in [0.1, 0.15) is 0 Å². The van der Waals surface area contributed by atoms with E-state index in [1.807, 2.05) is 6.07 Å². The Labute approximate surface area is 166 Å². The maximum atomic E-state index is 11.7. The van der Waals surface area contributed by atoms with Gasteiger partial charge in [0, 0.05) is 21.0 Å². The summed E-state index contributed by atoms with van der Waals surface area (Å²) in [6, 6.07) is 7.14. The lowest BCUT2D eigenvalue weighted by molar-refractivity contribution is 0.0688. The van der Waals surface area contributed by atoms with E-state index >= 15 is 0 Å². The number of hydrogen-bond donors (Lipinski definition) is 1. The van der Waals surface area contributed by atoms with Gasteiger partial charge in [-0.15, -0.1) is 11.3 Å². The number of rotatable bonds is 2. The molecule has 25 heavy (non-hydrogen) atoms. The highest BCUT2D eigenvalue weighted by atomic mass is 79.9. The minimum Gasteiger partial charge on any atom is -0.476 e. The van der Waals surface area contributed by atoms with Crippen LogP contribution < -0.4 is 0 Å². The Balaban J connectivity index is 2.06. The van der Waals surface area contributed by atoms with Crippen molar-refractivity contribution in [3.05, 3.63) is 54.2 Å². The van der Waals surface area contributed by atoms with E-state index in [1.54, 1.807) is 34.2 Å². The monoisotopic (exact) mass is 456 g/mol. The van der Waals surface area contributed by atoms with Crippen molar-refractivity contribution in [2.75, 3.05) is 0 Å². The number of carboxylic acids is 1. The third-order valence-electron chi connectivity index (χ3n) is 4.19. The van der Waals surface area contributed by atoms with E-state index in [9.17, 15) is 9.90 Å². The number of aryl methyl sites for hydroxylation is 1. The molecule has 2 heterocycles. The van der Waals surface area contributed by atoms with Gasteiger partial charge in [-0.1, -0.05) is 23.2 Å². The van der Waals surface area contributed by atoms with E-state index < -0.39 is 5.97 Å². The molecular weight excluding hydrogens is 447 g/mol. The minimum atomic E-state index is -1.03. The van der Waals surface area contributed by atoms with Crippen LogP contribution in [-0.2, 0) is 12.8 Å². The molecule has 0 unspecified atom stereocenters. The van der Waals surface area contributed by atoms with Crippen LogP contribution in [0.2, 0.25) is 10.0 Å². The summed E-state index contributed by atoms with van der Waals surface area (Å²) >= 11 is 17.6. The maximum Gasteiger partial charge on any atom is 0.356 e. The molecule has 0 aliphatic heterocycles. The summed E-state index contributed by atoms with van der Waals surface area (Å²) in [6.45, 7) is 0. The zero-order valence-corrected chi connectivity index (χ0v) is 16.6. The Bertz CT molecular complexity index is 1010. The van der Waals surface area contributed by atoms with E-state index in [0.717, 1.165) is 33.4 Å². The molecule has 8 heteroatoms. The van der Waals surface area contributed by atoms with Gasteiger partial charge in [-0.05, 0) is 59.5 Å². The molecule has 2 aromatic heterocycles. The van der Waals surface area contributed by atoms with Gasteiger partial charge in [-0.3, -0.25) is 0 Å². The van der Waals surface area contributed by atoms with Crippen molar-refractivity contribution >= 4 is 56.4 Å². The standard InChI is InChI=1S/C17H11BrCl2N2O2S/c18-14-7-10-13(25-14)3-1-2-9-15(17(23)24)21-22(16(9)10)12-5-4-8(19)6-11(12)20/h4-7H,1-3H2,(H,23,24). The van der Waals surface area contributed by atoms with Crippen molar-refractivity contribution in [1.29, 1.82) is 0 Å². The maximum absolute atomic E-state index is 11.7. The van der Waals surface area contributed by atoms with E-state index in [0.29, 0.717) is 22.2 Å². The highest BCUT2D eigenvalue weighted by Crippen LogP contribution is 2.42. The second-order valence-corrected chi connectivity index (χ2v) is 9.09. The van der Waals surface area contributed by atoms with E-state index in [4.69, 9.17) is 23.2 Å². The number of carboxylic acid groups (broad SMARTS) is 1. The second kappa shape index (κ2) is 6.43.